The molecule has 1 aromatic heterocycles. The monoisotopic (exact) mass is 308 g/mol. The Hall–Kier alpha value is -1.85. The second kappa shape index (κ2) is 4.92. The second-order valence-electron chi connectivity index (χ2n) is 4.22. The van der Waals surface area contributed by atoms with E-state index in [9.17, 15) is 4.39 Å². The zero-order valence-electron chi connectivity index (χ0n) is 10.5. The number of nitrogens with zero attached hydrogens (tertiary/aromatic N) is 1. The van der Waals surface area contributed by atoms with Gasteiger partial charge in [-0.15, -0.1) is 0 Å². The number of aromatic amines is 1. The third-order valence-electron chi connectivity index (χ3n) is 3.05. The number of aromatic nitrogens is 2. The van der Waals surface area contributed by atoms with Crippen molar-refractivity contribution in [1.82, 2.24) is 9.55 Å². The van der Waals surface area contributed by atoms with Gasteiger partial charge in [-0.05, 0) is 24.4 Å². The van der Waals surface area contributed by atoms with Crippen molar-refractivity contribution < 1.29 is 9.13 Å². The molecule has 0 amide bonds. The number of ether oxygens (including phenoxy) is 1. The van der Waals surface area contributed by atoms with E-state index in [0.29, 0.717) is 20.8 Å². The molecule has 0 aliphatic rings. The largest absolute Gasteiger partial charge is 0.494 e. The minimum atomic E-state index is -0.442. The summed E-state index contributed by atoms with van der Waals surface area (Å²) >= 11 is 11.5. The van der Waals surface area contributed by atoms with Crippen LogP contribution in [0.3, 0.4) is 0 Å². The summed E-state index contributed by atoms with van der Waals surface area (Å²) in [5.41, 5.74) is 2.04. The molecule has 0 atom stereocenters. The van der Waals surface area contributed by atoms with Gasteiger partial charge in [-0.1, -0.05) is 23.7 Å². The van der Waals surface area contributed by atoms with E-state index in [1.807, 2.05) is 18.2 Å². The highest BCUT2D eigenvalue weighted by molar-refractivity contribution is 7.71. The maximum atomic E-state index is 13.7. The van der Waals surface area contributed by atoms with E-state index in [-0.39, 0.29) is 5.75 Å². The van der Waals surface area contributed by atoms with Crippen LogP contribution in [0, 0.1) is 10.6 Å². The lowest BCUT2D eigenvalue weighted by Crippen LogP contribution is -1.96. The average molecular weight is 309 g/mol. The Bertz CT molecular complexity index is 856. The molecule has 2 aromatic carbocycles. The summed E-state index contributed by atoms with van der Waals surface area (Å²) < 4.78 is 20.9. The topological polar surface area (TPSA) is 29.9 Å². The van der Waals surface area contributed by atoms with Gasteiger partial charge in [0.15, 0.2) is 16.3 Å². The van der Waals surface area contributed by atoms with Crippen molar-refractivity contribution in [3.63, 3.8) is 0 Å². The number of rotatable bonds is 2. The van der Waals surface area contributed by atoms with E-state index < -0.39 is 5.82 Å². The zero-order chi connectivity index (χ0) is 14.3. The smallest absolute Gasteiger partial charge is 0.182 e. The van der Waals surface area contributed by atoms with E-state index in [1.54, 1.807) is 16.7 Å². The zero-order valence-corrected chi connectivity index (χ0v) is 12.1. The average Bonchev–Trinajstić information content (AvgIpc) is 2.73. The van der Waals surface area contributed by atoms with Crippen LogP contribution in [0.15, 0.2) is 36.4 Å². The van der Waals surface area contributed by atoms with Gasteiger partial charge >= 0.3 is 0 Å². The number of halogens is 2. The number of hydrogen-bond acceptors (Lipinski definition) is 2. The first-order valence-corrected chi connectivity index (χ1v) is 6.63. The highest BCUT2D eigenvalue weighted by Gasteiger charge is 2.13. The lowest BCUT2D eigenvalue weighted by atomic mass is 10.2. The Labute approximate surface area is 124 Å². The molecule has 0 fully saturated rings. The fraction of sp³-hybridized carbons (Fsp3) is 0.0714. The van der Waals surface area contributed by atoms with Crippen LogP contribution in [-0.4, -0.2) is 16.7 Å². The van der Waals surface area contributed by atoms with Crippen LogP contribution in [0.4, 0.5) is 4.39 Å². The van der Waals surface area contributed by atoms with Crippen molar-refractivity contribution in [3.8, 4) is 11.4 Å². The normalized spacial score (nSPS) is 10.9. The maximum Gasteiger partial charge on any atom is 0.182 e. The molecule has 3 aromatic rings. The molecule has 0 saturated heterocycles. The summed E-state index contributed by atoms with van der Waals surface area (Å²) in [6, 6.07) is 10.3. The second-order valence-corrected chi connectivity index (χ2v) is 5.01. The van der Waals surface area contributed by atoms with Crippen LogP contribution < -0.4 is 4.74 Å². The molecule has 0 bridgehead atoms. The van der Waals surface area contributed by atoms with Crippen molar-refractivity contribution in [1.29, 1.82) is 0 Å². The minimum absolute atomic E-state index is 0.160. The Morgan fingerprint density at radius 1 is 1.30 bits per heavy atom. The van der Waals surface area contributed by atoms with Gasteiger partial charge in [-0.25, -0.2) is 4.39 Å². The van der Waals surface area contributed by atoms with Crippen molar-refractivity contribution in [3.05, 3.63) is 52.0 Å². The summed E-state index contributed by atoms with van der Waals surface area (Å²) in [5, 5.41) is 0.563. The Morgan fingerprint density at radius 2 is 2.05 bits per heavy atom. The predicted octanol–water partition coefficient (Wildman–Crippen LogP) is 4.49. The molecule has 0 unspecified atom stereocenters. The lowest BCUT2D eigenvalue weighted by Gasteiger charge is -2.08. The first-order valence-electron chi connectivity index (χ1n) is 5.85. The van der Waals surface area contributed by atoms with Gasteiger partial charge < -0.3 is 9.72 Å². The van der Waals surface area contributed by atoms with E-state index in [4.69, 9.17) is 28.6 Å². The Kier molecular flexibility index (Phi) is 3.23. The lowest BCUT2D eigenvalue weighted by molar-refractivity contribution is 0.387. The van der Waals surface area contributed by atoms with Crippen LogP contribution >= 0.6 is 23.8 Å². The molecule has 102 valence electrons. The van der Waals surface area contributed by atoms with Gasteiger partial charge in [0.05, 0.1) is 28.9 Å². The molecule has 1 N–H and O–H groups in total. The van der Waals surface area contributed by atoms with Crippen LogP contribution in [-0.2, 0) is 0 Å². The summed E-state index contributed by atoms with van der Waals surface area (Å²) in [4.78, 5) is 2.97. The fourth-order valence-electron chi connectivity index (χ4n) is 2.14. The van der Waals surface area contributed by atoms with Crippen molar-refractivity contribution in [2.24, 2.45) is 0 Å². The number of H-pyrrole nitrogens is 1. The molecule has 0 spiro atoms. The third kappa shape index (κ3) is 1.99. The molecule has 20 heavy (non-hydrogen) atoms. The fourth-order valence-corrected chi connectivity index (χ4v) is 2.66. The standard InChI is InChI=1S/C14H10ClFN2OS/c1-19-13-7-12-10(6-9(13)16)17-14(20)18(12)11-5-3-2-4-8(11)15/h2-7H,1H3,(H,17,20). The summed E-state index contributed by atoms with van der Waals surface area (Å²) in [5.74, 6) is -0.283. The Morgan fingerprint density at radius 3 is 2.75 bits per heavy atom. The summed E-state index contributed by atoms with van der Waals surface area (Å²) in [6.45, 7) is 0. The van der Waals surface area contributed by atoms with Gasteiger partial charge in [-0.2, -0.15) is 0 Å². The SMILES string of the molecule is COc1cc2c(cc1F)[nH]c(=S)n2-c1ccccc1Cl. The number of benzene rings is 2. The summed E-state index contributed by atoms with van der Waals surface area (Å²) in [6.07, 6.45) is 0. The molecular weight excluding hydrogens is 299 g/mol. The number of imidazole rings is 1. The predicted molar refractivity (Wildman–Crippen MR) is 80.0 cm³/mol. The third-order valence-corrected chi connectivity index (χ3v) is 3.65. The maximum absolute atomic E-state index is 13.7. The minimum Gasteiger partial charge on any atom is -0.494 e. The van der Waals surface area contributed by atoms with E-state index in [1.165, 1.54) is 13.2 Å². The van der Waals surface area contributed by atoms with Gasteiger partial charge in [-0.3, -0.25) is 4.57 Å². The van der Waals surface area contributed by atoms with Crippen LogP contribution in [0.5, 0.6) is 5.75 Å². The molecule has 0 saturated carbocycles. The molecule has 0 aliphatic carbocycles. The molecule has 0 radical (unpaired) electrons. The van der Waals surface area contributed by atoms with Gasteiger partial charge in [0, 0.05) is 12.1 Å². The van der Waals surface area contributed by atoms with E-state index in [0.717, 1.165) is 5.69 Å². The molecule has 0 aliphatic heterocycles. The number of hydrogen-bond donors (Lipinski definition) is 1. The number of para-hydroxylation sites is 1. The van der Waals surface area contributed by atoms with Crippen molar-refractivity contribution in [2.75, 3.05) is 7.11 Å². The molecular formula is C14H10ClFN2OS. The van der Waals surface area contributed by atoms with Crippen LogP contribution in [0.1, 0.15) is 0 Å². The molecule has 1 heterocycles. The molecule has 3 rings (SSSR count). The summed E-state index contributed by atoms with van der Waals surface area (Å²) in [7, 11) is 1.42. The van der Waals surface area contributed by atoms with Gasteiger partial charge in [0.2, 0.25) is 0 Å². The first-order chi connectivity index (χ1) is 9.61. The molecule has 6 heteroatoms. The van der Waals surface area contributed by atoms with Gasteiger partial charge in [0.1, 0.15) is 0 Å². The van der Waals surface area contributed by atoms with Crippen molar-refractivity contribution in [2.45, 2.75) is 0 Å². The number of methoxy groups -OCH3 is 1. The van der Waals surface area contributed by atoms with Gasteiger partial charge in [0.25, 0.3) is 0 Å². The first kappa shape index (κ1) is 13.1. The van der Waals surface area contributed by atoms with E-state index in [2.05, 4.69) is 4.98 Å². The van der Waals surface area contributed by atoms with Crippen molar-refractivity contribution >= 4 is 34.9 Å². The highest BCUT2D eigenvalue weighted by Crippen LogP contribution is 2.29. The van der Waals surface area contributed by atoms with Crippen LogP contribution in [0.25, 0.3) is 16.7 Å². The molecule has 3 nitrogen and oxygen atoms in total. The number of fused-ring (bicyclic) bond motifs is 1. The highest BCUT2D eigenvalue weighted by atomic mass is 35.5. The Balaban J connectivity index is 2.39. The number of nitrogens with one attached hydrogen (secondary N) is 1. The van der Waals surface area contributed by atoms with E-state index >= 15 is 0 Å². The van der Waals surface area contributed by atoms with Crippen LogP contribution in [0.2, 0.25) is 5.02 Å². The quantitative estimate of drug-likeness (QED) is 0.707.